The van der Waals surface area contributed by atoms with E-state index in [4.69, 9.17) is 5.11 Å². The molecular weight excluding hydrogens is 260 g/mol. The lowest BCUT2D eigenvalue weighted by Gasteiger charge is -2.09. The Hall–Kier alpha value is -2.44. The first-order valence-corrected chi connectivity index (χ1v) is 6.28. The lowest BCUT2D eigenvalue weighted by molar-refractivity contribution is -0.137. The number of nitrogens with one attached hydrogen (secondary N) is 1. The molecule has 0 bridgehead atoms. The van der Waals surface area contributed by atoms with E-state index < -0.39 is 5.97 Å². The van der Waals surface area contributed by atoms with Crippen LogP contribution in [-0.2, 0) is 4.79 Å². The molecule has 7 heteroatoms. The van der Waals surface area contributed by atoms with Crippen LogP contribution >= 0.6 is 0 Å². The molecule has 0 aliphatic carbocycles. The first-order valence-electron chi connectivity index (χ1n) is 6.28. The van der Waals surface area contributed by atoms with Crippen molar-refractivity contribution in [2.75, 3.05) is 6.54 Å². The van der Waals surface area contributed by atoms with Crippen LogP contribution in [0, 0.1) is 12.8 Å². The minimum absolute atomic E-state index is 0.0202. The number of fused-ring (bicyclic) bond motifs is 1. The highest BCUT2D eigenvalue weighted by Crippen LogP contribution is 2.09. The molecule has 0 aliphatic rings. The number of carboxylic acids is 1. The zero-order valence-electron chi connectivity index (χ0n) is 11.3. The Labute approximate surface area is 115 Å². The molecule has 1 atom stereocenters. The highest BCUT2D eigenvalue weighted by atomic mass is 16.4. The number of amides is 1. The summed E-state index contributed by atoms with van der Waals surface area (Å²) in [6.45, 7) is 3.91. The Morgan fingerprint density at radius 1 is 1.50 bits per heavy atom. The number of carbonyl (C=O) groups is 2. The third-order valence-electron chi connectivity index (χ3n) is 2.89. The SMILES string of the molecule is Cc1ccn2ncc(C(=O)NCC(C)CC(=O)O)c2n1. The maximum absolute atomic E-state index is 12.1. The molecule has 2 N–H and O–H groups in total. The fraction of sp³-hybridized carbons (Fsp3) is 0.385. The molecule has 1 amide bonds. The van der Waals surface area contributed by atoms with Gasteiger partial charge in [0.15, 0.2) is 5.65 Å². The molecule has 0 aromatic carbocycles. The van der Waals surface area contributed by atoms with E-state index in [9.17, 15) is 9.59 Å². The second kappa shape index (κ2) is 5.68. The lowest BCUT2D eigenvalue weighted by atomic mass is 10.1. The second-order valence-corrected chi connectivity index (χ2v) is 4.81. The third kappa shape index (κ3) is 3.11. The molecule has 7 nitrogen and oxygen atoms in total. The fourth-order valence-electron chi connectivity index (χ4n) is 1.85. The van der Waals surface area contributed by atoms with Crippen LogP contribution in [0.3, 0.4) is 0 Å². The summed E-state index contributed by atoms with van der Waals surface area (Å²) in [5.74, 6) is -1.30. The summed E-state index contributed by atoms with van der Waals surface area (Å²) < 4.78 is 1.53. The number of nitrogens with zero attached hydrogens (tertiary/aromatic N) is 3. The molecule has 1 unspecified atom stereocenters. The van der Waals surface area contributed by atoms with Crippen LogP contribution in [0.15, 0.2) is 18.5 Å². The number of hydrogen-bond acceptors (Lipinski definition) is 4. The van der Waals surface area contributed by atoms with Gasteiger partial charge < -0.3 is 10.4 Å². The van der Waals surface area contributed by atoms with Crippen molar-refractivity contribution in [1.29, 1.82) is 0 Å². The minimum atomic E-state index is -0.875. The van der Waals surface area contributed by atoms with E-state index in [0.29, 0.717) is 17.8 Å². The van der Waals surface area contributed by atoms with Gasteiger partial charge in [-0.1, -0.05) is 6.92 Å². The zero-order chi connectivity index (χ0) is 14.7. The number of hydrogen-bond donors (Lipinski definition) is 2. The van der Waals surface area contributed by atoms with Gasteiger partial charge in [-0.2, -0.15) is 5.10 Å². The summed E-state index contributed by atoms with van der Waals surface area (Å²) >= 11 is 0. The van der Waals surface area contributed by atoms with Crippen LogP contribution in [-0.4, -0.2) is 38.1 Å². The standard InChI is InChI=1S/C13H16N4O3/c1-8(5-11(18)19)6-14-13(20)10-7-15-17-4-3-9(2)16-12(10)17/h3-4,7-8H,5-6H2,1-2H3,(H,14,20)(H,18,19). The molecule has 20 heavy (non-hydrogen) atoms. The highest BCUT2D eigenvalue weighted by Gasteiger charge is 2.15. The normalized spacial score (nSPS) is 12.3. The maximum atomic E-state index is 12.1. The Bertz CT molecular complexity index is 650. The summed E-state index contributed by atoms with van der Waals surface area (Å²) in [6.07, 6.45) is 3.22. The summed E-state index contributed by atoms with van der Waals surface area (Å²) in [4.78, 5) is 26.9. The fourth-order valence-corrected chi connectivity index (χ4v) is 1.85. The molecule has 106 valence electrons. The zero-order valence-corrected chi connectivity index (χ0v) is 11.3. The van der Waals surface area contributed by atoms with E-state index in [1.807, 2.05) is 6.92 Å². The molecule has 2 heterocycles. The van der Waals surface area contributed by atoms with Crippen molar-refractivity contribution in [3.63, 3.8) is 0 Å². The van der Waals surface area contributed by atoms with Crippen LogP contribution in [0.1, 0.15) is 29.4 Å². The Kier molecular flexibility index (Phi) is 3.97. The second-order valence-electron chi connectivity index (χ2n) is 4.81. The largest absolute Gasteiger partial charge is 0.481 e. The molecule has 0 spiro atoms. The third-order valence-corrected chi connectivity index (χ3v) is 2.89. The molecular formula is C13H16N4O3. The minimum Gasteiger partial charge on any atom is -0.481 e. The number of rotatable bonds is 5. The highest BCUT2D eigenvalue weighted by molar-refractivity contribution is 5.99. The smallest absolute Gasteiger partial charge is 0.303 e. The number of aliphatic carboxylic acids is 1. The van der Waals surface area contributed by atoms with Crippen molar-refractivity contribution in [3.8, 4) is 0 Å². The van der Waals surface area contributed by atoms with Gasteiger partial charge in [-0.25, -0.2) is 9.50 Å². The first-order chi connectivity index (χ1) is 9.47. The Morgan fingerprint density at radius 3 is 2.95 bits per heavy atom. The van der Waals surface area contributed by atoms with Gasteiger partial charge in [-0.3, -0.25) is 9.59 Å². The molecule has 2 aromatic rings. The predicted molar refractivity (Wildman–Crippen MR) is 71.5 cm³/mol. The summed E-state index contributed by atoms with van der Waals surface area (Å²) in [6, 6.07) is 1.80. The van der Waals surface area contributed by atoms with E-state index in [1.54, 1.807) is 19.2 Å². The maximum Gasteiger partial charge on any atom is 0.303 e. The van der Waals surface area contributed by atoms with Gasteiger partial charge in [0.05, 0.1) is 6.20 Å². The van der Waals surface area contributed by atoms with E-state index in [1.165, 1.54) is 10.7 Å². The van der Waals surface area contributed by atoms with Crippen LogP contribution in [0.2, 0.25) is 0 Å². The number of aryl methyl sites for hydroxylation is 1. The van der Waals surface area contributed by atoms with Crippen molar-refractivity contribution in [2.45, 2.75) is 20.3 Å². The van der Waals surface area contributed by atoms with Crippen molar-refractivity contribution in [2.24, 2.45) is 5.92 Å². The average Bonchev–Trinajstić information content (AvgIpc) is 2.78. The Morgan fingerprint density at radius 2 is 2.25 bits per heavy atom. The van der Waals surface area contributed by atoms with Gasteiger partial charge in [0, 0.05) is 24.9 Å². The molecule has 0 aliphatic heterocycles. The molecule has 0 saturated heterocycles. The van der Waals surface area contributed by atoms with Crippen LogP contribution in [0.5, 0.6) is 0 Å². The van der Waals surface area contributed by atoms with E-state index in [-0.39, 0.29) is 18.2 Å². The van der Waals surface area contributed by atoms with Gasteiger partial charge >= 0.3 is 5.97 Å². The summed E-state index contributed by atoms with van der Waals surface area (Å²) in [7, 11) is 0. The average molecular weight is 276 g/mol. The molecule has 0 saturated carbocycles. The molecule has 0 radical (unpaired) electrons. The number of carbonyl (C=O) groups excluding carboxylic acids is 1. The number of carboxylic acid groups (broad SMARTS) is 1. The van der Waals surface area contributed by atoms with Gasteiger partial charge in [-0.05, 0) is 18.9 Å². The monoisotopic (exact) mass is 276 g/mol. The van der Waals surface area contributed by atoms with Crippen molar-refractivity contribution in [3.05, 3.63) is 29.7 Å². The predicted octanol–water partition coefficient (Wildman–Crippen LogP) is 0.878. The van der Waals surface area contributed by atoms with Crippen LogP contribution in [0.4, 0.5) is 0 Å². The quantitative estimate of drug-likeness (QED) is 0.845. The first kappa shape index (κ1) is 14.0. The van der Waals surface area contributed by atoms with Crippen molar-refractivity contribution >= 4 is 17.5 Å². The summed E-state index contributed by atoms with van der Waals surface area (Å²) in [5, 5.41) is 15.4. The van der Waals surface area contributed by atoms with E-state index in [0.717, 1.165) is 5.69 Å². The molecule has 0 fully saturated rings. The lowest BCUT2D eigenvalue weighted by Crippen LogP contribution is -2.29. The molecule has 2 aromatic heterocycles. The van der Waals surface area contributed by atoms with E-state index in [2.05, 4.69) is 15.4 Å². The Balaban J connectivity index is 2.08. The van der Waals surface area contributed by atoms with Crippen molar-refractivity contribution in [1.82, 2.24) is 19.9 Å². The van der Waals surface area contributed by atoms with E-state index >= 15 is 0 Å². The molecule has 2 rings (SSSR count). The van der Waals surface area contributed by atoms with Gasteiger partial charge in [0.25, 0.3) is 5.91 Å². The van der Waals surface area contributed by atoms with Gasteiger partial charge in [-0.15, -0.1) is 0 Å². The van der Waals surface area contributed by atoms with Crippen molar-refractivity contribution < 1.29 is 14.7 Å². The summed E-state index contributed by atoms with van der Waals surface area (Å²) in [5.41, 5.74) is 1.68. The van der Waals surface area contributed by atoms with Gasteiger partial charge in [0.1, 0.15) is 5.56 Å². The van der Waals surface area contributed by atoms with Crippen LogP contribution in [0.25, 0.3) is 5.65 Å². The number of aromatic nitrogens is 3. The van der Waals surface area contributed by atoms with Crippen LogP contribution < -0.4 is 5.32 Å². The topological polar surface area (TPSA) is 96.6 Å². The van der Waals surface area contributed by atoms with Gasteiger partial charge in [0.2, 0.25) is 0 Å².